The number of halogens is 2. The van der Waals surface area contributed by atoms with Crippen molar-refractivity contribution in [1.29, 1.82) is 0 Å². The van der Waals surface area contributed by atoms with Crippen LogP contribution in [0.3, 0.4) is 0 Å². The second-order valence-corrected chi connectivity index (χ2v) is 6.16. The SMILES string of the molecule is CN(Cc1ccc(Cl)s1)c1cc(Cl)nc2ncnn12. The number of rotatable bonds is 3. The molecule has 0 aliphatic carbocycles. The highest BCUT2D eigenvalue weighted by atomic mass is 35.5. The minimum absolute atomic E-state index is 0.395. The molecule has 3 rings (SSSR count). The first-order valence-electron chi connectivity index (χ1n) is 5.45. The van der Waals surface area contributed by atoms with Crippen LogP contribution < -0.4 is 4.90 Å². The summed E-state index contributed by atoms with van der Waals surface area (Å²) in [4.78, 5) is 11.3. The Morgan fingerprint density at radius 2 is 2.21 bits per heavy atom. The molecule has 0 amide bonds. The van der Waals surface area contributed by atoms with E-state index in [9.17, 15) is 0 Å². The first-order chi connectivity index (χ1) is 9.13. The minimum Gasteiger partial charge on any atom is -0.354 e. The third-order valence-corrected chi connectivity index (χ3v) is 4.02. The highest BCUT2D eigenvalue weighted by molar-refractivity contribution is 7.16. The van der Waals surface area contributed by atoms with Crippen LogP contribution >= 0.6 is 34.5 Å². The van der Waals surface area contributed by atoms with Crippen molar-refractivity contribution in [3.8, 4) is 0 Å². The third kappa shape index (κ3) is 2.51. The van der Waals surface area contributed by atoms with E-state index in [1.54, 1.807) is 21.9 Å². The zero-order valence-electron chi connectivity index (χ0n) is 9.92. The molecule has 0 N–H and O–H groups in total. The fraction of sp³-hybridized carbons (Fsp3) is 0.182. The predicted octanol–water partition coefficient (Wildman–Crippen LogP) is 3.13. The van der Waals surface area contributed by atoms with E-state index < -0.39 is 0 Å². The summed E-state index contributed by atoms with van der Waals surface area (Å²) in [5.74, 6) is 1.32. The quantitative estimate of drug-likeness (QED) is 0.697. The smallest absolute Gasteiger partial charge is 0.255 e. The maximum Gasteiger partial charge on any atom is 0.255 e. The van der Waals surface area contributed by atoms with Gasteiger partial charge in [-0.05, 0) is 12.1 Å². The average Bonchev–Trinajstić information content (AvgIpc) is 2.96. The summed E-state index contributed by atoms with van der Waals surface area (Å²) < 4.78 is 2.43. The van der Waals surface area contributed by atoms with E-state index in [0.717, 1.165) is 15.0 Å². The van der Waals surface area contributed by atoms with Gasteiger partial charge >= 0.3 is 0 Å². The lowest BCUT2D eigenvalue weighted by Crippen LogP contribution is -2.19. The summed E-state index contributed by atoms with van der Waals surface area (Å²) in [5.41, 5.74) is 0. The molecule has 0 fully saturated rings. The van der Waals surface area contributed by atoms with E-state index in [1.807, 2.05) is 24.1 Å². The second-order valence-electron chi connectivity index (χ2n) is 3.97. The molecule has 3 aromatic rings. The number of fused-ring (bicyclic) bond motifs is 1. The Balaban J connectivity index is 1.96. The van der Waals surface area contributed by atoms with Gasteiger partial charge in [0.15, 0.2) is 0 Å². The van der Waals surface area contributed by atoms with Crippen molar-refractivity contribution < 1.29 is 0 Å². The molecular formula is C11H9Cl2N5S. The van der Waals surface area contributed by atoms with Crippen LogP contribution in [0.2, 0.25) is 9.49 Å². The molecule has 0 aliphatic rings. The lowest BCUT2D eigenvalue weighted by atomic mass is 10.4. The third-order valence-electron chi connectivity index (χ3n) is 2.61. The van der Waals surface area contributed by atoms with Gasteiger partial charge in [0, 0.05) is 18.0 Å². The molecule has 3 heterocycles. The molecule has 0 saturated heterocycles. The Bertz CT molecular complexity index is 723. The molecule has 3 aromatic heterocycles. The van der Waals surface area contributed by atoms with Crippen molar-refractivity contribution in [1.82, 2.24) is 19.6 Å². The summed E-state index contributed by atoms with van der Waals surface area (Å²) in [5, 5.41) is 4.54. The molecule has 0 unspecified atom stereocenters. The Labute approximate surface area is 123 Å². The van der Waals surface area contributed by atoms with Gasteiger partial charge in [-0.15, -0.1) is 11.3 Å². The number of nitrogens with zero attached hydrogens (tertiary/aromatic N) is 5. The maximum atomic E-state index is 5.99. The average molecular weight is 314 g/mol. The van der Waals surface area contributed by atoms with E-state index in [4.69, 9.17) is 23.2 Å². The standard InChI is InChI=1S/C11H9Cl2N5S/c1-17(5-7-2-3-9(13)19-7)10-4-8(12)16-11-14-6-15-18(10)11/h2-4,6H,5H2,1H3. The summed E-state index contributed by atoms with van der Waals surface area (Å²) in [6.07, 6.45) is 1.46. The van der Waals surface area contributed by atoms with Crippen molar-refractivity contribution in [3.63, 3.8) is 0 Å². The number of anilines is 1. The summed E-state index contributed by atoms with van der Waals surface area (Å²) in [6.45, 7) is 0.715. The topological polar surface area (TPSA) is 46.3 Å². The molecule has 0 aliphatic heterocycles. The van der Waals surface area contributed by atoms with Crippen LogP contribution in [0.1, 0.15) is 4.88 Å². The van der Waals surface area contributed by atoms with Crippen molar-refractivity contribution in [2.75, 3.05) is 11.9 Å². The van der Waals surface area contributed by atoms with Gasteiger partial charge in [0.2, 0.25) is 0 Å². The highest BCUT2D eigenvalue weighted by Gasteiger charge is 2.11. The normalized spacial score (nSPS) is 11.1. The molecule has 5 nitrogen and oxygen atoms in total. The van der Waals surface area contributed by atoms with Crippen LogP contribution in [0.15, 0.2) is 24.5 Å². The van der Waals surface area contributed by atoms with Crippen LogP contribution in [0.5, 0.6) is 0 Å². The van der Waals surface area contributed by atoms with Gasteiger partial charge < -0.3 is 4.90 Å². The van der Waals surface area contributed by atoms with Crippen LogP contribution in [0.4, 0.5) is 5.82 Å². The number of thiophene rings is 1. The van der Waals surface area contributed by atoms with Gasteiger partial charge in [-0.1, -0.05) is 23.2 Å². The Morgan fingerprint density at radius 1 is 1.37 bits per heavy atom. The highest BCUT2D eigenvalue weighted by Crippen LogP contribution is 2.25. The predicted molar refractivity (Wildman–Crippen MR) is 77.2 cm³/mol. The van der Waals surface area contributed by atoms with Crippen molar-refractivity contribution in [2.45, 2.75) is 6.54 Å². The summed E-state index contributed by atoms with van der Waals surface area (Å²) in [7, 11) is 1.96. The van der Waals surface area contributed by atoms with Crippen molar-refractivity contribution in [2.24, 2.45) is 0 Å². The van der Waals surface area contributed by atoms with Gasteiger partial charge in [0.1, 0.15) is 17.3 Å². The Hall–Kier alpha value is -1.37. The molecule has 0 spiro atoms. The summed E-state index contributed by atoms with van der Waals surface area (Å²) >= 11 is 13.5. The fourth-order valence-corrected chi connectivity index (χ4v) is 3.11. The van der Waals surface area contributed by atoms with E-state index in [1.165, 1.54) is 6.33 Å². The van der Waals surface area contributed by atoms with Gasteiger partial charge in [-0.25, -0.2) is 0 Å². The molecule has 0 saturated carbocycles. The zero-order valence-corrected chi connectivity index (χ0v) is 12.2. The molecule has 0 radical (unpaired) electrons. The molecule has 98 valence electrons. The van der Waals surface area contributed by atoms with Crippen LogP contribution in [0.25, 0.3) is 5.78 Å². The lowest BCUT2D eigenvalue weighted by Gasteiger charge is -2.18. The monoisotopic (exact) mass is 313 g/mol. The molecule has 0 aromatic carbocycles. The van der Waals surface area contributed by atoms with E-state index in [-0.39, 0.29) is 0 Å². The fourth-order valence-electron chi connectivity index (χ4n) is 1.79. The van der Waals surface area contributed by atoms with Gasteiger partial charge in [0.25, 0.3) is 5.78 Å². The summed E-state index contributed by atoms with van der Waals surface area (Å²) in [6, 6.07) is 5.66. The molecule has 19 heavy (non-hydrogen) atoms. The second kappa shape index (κ2) is 4.96. The van der Waals surface area contributed by atoms with Gasteiger partial charge in [-0.2, -0.15) is 19.6 Å². The van der Waals surface area contributed by atoms with Gasteiger partial charge in [0.05, 0.1) is 10.9 Å². The number of hydrogen-bond acceptors (Lipinski definition) is 5. The molecule has 8 heteroatoms. The first kappa shape index (κ1) is 12.7. The molecule has 0 atom stereocenters. The minimum atomic E-state index is 0.395. The van der Waals surface area contributed by atoms with Gasteiger partial charge in [-0.3, -0.25) is 0 Å². The van der Waals surface area contributed by atoms with E-state index in [2.05, 4.69) is 15.1 Å². The van der Waals surface area contributed by atoms with Crippen LogP contribution in [-0.2, 0) is 6.54 Å². The first-order valence-corrected chi connectivity index (χ1v) is 7.02. The number of hydrogen-bond donors (Lipinski definition) is 0. The van der Waals surface area contributed by atoms with Crippen LogP contribution in [-0.4, -0.2) is 26.6 Å². The lowest BCUT2D eigenvalue weighted by molar-refractivity contribution is 0.839. The largest absolute Gasteiger partial charge is 0.354 e. The zero-order chi connectivity index (χ0) is 13.4. The maximum absolute atomic E-state index is 5.99. The van der Waals surface area contributed by atoms with E-state index >= 15 is 0 Å². The van der Waals surface area contributed by atoms with Crippen molar-refractivity contribution >= 4 is 46.1 Å². The Kier molecular flexibility index (Phi) is 3.30. The molecule has 0 bridgehead atoms. The number of aromatic nitrogens is 4. The molecular weight excluding hydrogens is 305 g/mol. The van der Waals surface area contributed by atoms with E-state index in [0.29, 0.717) is 17.5 Å². The van der Waals surface area contributed by atoms with Crippen molar-refractivity contribution in [3.05, 3.63) is 38.9 Å². The Morgan fingerprint density at radius 3 is 2.95 bits per heavy atom. The van der Waals surface area contributed by atoms with Crippen LogP contribution in [0, 0.1) is 0 Å².